The van der Waals surface area contributed by atoms with E-state index in [1.54, 1.807) is 0 Å². The van der Waals surface area contributed by atoms with Gasteiger partial charge in [0, 0.05) is 6.42 Å². The number of rotatable bonds is 6. The van der Waals surface area contributed by atoms with Gasteiger partial charge in [0.05, 0.1) is 0 Å². The molecule has 3 heteroatoms. The summed E-state index contributed by atoms with van der Waals surface area (Å²) < 4.78 is 12.0. The van der Waals surface area contributed by atoms with Crippen molar-refractivity contribution >= 4 is 0 Å². The molecule has 0 aromatic carbocycles. The minimum Gasteiger partial charge on any atom is -0.340 e. The van der Waals surface area contributed by atoms with Crippen LogP contribution in [0.3, 0.4) is 0 Å². The smallest absolute Gasteiger partial charge is 0.315 e. The van der Waals surface area contributed by atoms with Crippen molar-refractivity contribution in [1.29, 1.82) is 0 Å². The molecule has 0 heterocycles. The van der Waals surface area contributed by atoms with Crippen LogP contribution in [-0.4, -0.2) is 16.3 Å². The molecule has 0 aliphatic carbocycles. The van der Waals surface area contributed by atoms with Gasteiger partial charge in [0.2, 0.25) is 0 Å². The van der Waals surface area contributed by atoms with E-state index in [2.05, 4.69) is 6.92 Å². The Morgan fingerprint density at radius 3 is 2.09 bits per heavy atom. The van der Waals surface area contributed by atoms with Crippen molar-refractivity contribution in [2.45, 2.75) is 51.5 Å². The third kappa shape index (κ3) is 9.85. The van der Waals surface area contributed by atoms with Crippen LogP contribution < -0.4 is 0 Å². The first-order chi connectivity index (χ1) is 5.06. The second-order valence-electron chi connectivity index (χ2n) is 2.88. The van der Waals surface area contributed by atoms with Crippen LogP contribution in [0.4, 0.5) is 4.39 Å². The first-order valence-electron chi connectivity index (χ1n) is 4.20. The highest BCUT2D eigenvalue weighted by molar-refractivity contribution is 4.49. The summed E-state index contributed by atoms with van der Waals surface area (Å²) in [4.78, 5) is 0. The molecule has 0 aromatic rings. The van der Waals surface area contributed by atoms with Crippen LogP contribution in [0.25, 0.3) is 0 Å². The highest BCUT2D eigenvalue weighted by Gasteiger charge is 2.19. The zero-order chi connectivity index (χ0) is 8.74. The first-order valence-corrected chi connectivity index (χ1v) is 4.20. The van der Waals surface area contributed by atoms with Gasteiger partial charge in [0.15, 0.2) is 0 Å². The van der Waals surface area contributed by atoms with Gasteiger partial charge in [0.1, 0.15) is 0 Å². The molecule has 68 valence electrons. The zero-order valence-corrected chi connectivity index (χ0v) is 7.02. The number of aliphatic hydroxyl groups is 2. The van der Waals surface area contributed by atoms with Crippen LogP contribution in [-0.2, 0) is 0 Å². The molecular weight excluding hydrogens is 147 g/mol. The lowest BCUT2D eigenvalue weighted by molar-refractivity contribution is -0.262. The molecule has 2 nitrogen and oxygen atoms in total. The molecule has 0 fully saturated rings. The molecular formula is C8H17FO2. The highest BCUT2D eigenvalue weighted by Crippen LogP contribution is 2.13. The minimum absolute atomic E-state index is 0.170. The van der Waals surface area contributed by atoms with E-state index >= 15 is 0 Å². The van der Waals surface area contributed by atoms with Crippen molar-refractivity contribution in [3.63, 3.8) is 0 Å². The van der Waals surface area contributed by atoms with Crippen LogP contribution in [0.15, 0.2) is 0 Å². The molecule has 0 bridgehead atoms. The Kier molecular flexibility index (Phi) is 5.42. The number of halogens is 1. The lowest BCUT2D eigenvalue weighted by atomic mass is 10.1. The summed E-state index contributed by atoms with van der Waals surface area (Å²) in [5.74, 6) is 0. The van der Waals surface area contributed by atoms with Gasteiger partial charge < -0.3 is 10.2 Å². The van der Waals surface area contributed by atoms with E-state index in [4.69, 9.17) is 10.2 Å². The molecule has 0 rings (SSSR count). The van der Waals surface area contributed by atoms with E-state index in [0.29, 0.717) is 6.42 Å². The van der Waals surface area contributed by atoms with Gasteiger partial charge >= 0.3 is 6.04 Å². The summed E-state index contributed by atoms with van der Waals surface area (Å²) in [6.07, 6.45) is 4.57. The molecule has 0 atom stereocenters. The quantitative estimate of drug-likeness (QED) is 0.465. The monoisotopic (exact) mass is 164 g/mol. The maximum absolute atomic E-state index is 12.0. The van der Waals surface area contributed by atoms with Crippen LogP contribution in [0.1, 0.15) is 45.4 Å². The SMILES string of the molecule is CCCCCCCC(O)(O)F. The number of alkyl halides is 1. The van der Waals surface area contributed by atoms with Gasteiger partial charge in [-0.15, -0.1) is 0 Å². The number of unbranched alkanes of at least 4 members (excludes halogenated alkanes) is 4. The van der Waals surface area contributed by atoms with Gasteiger partial charge in [-0.05, 0) is 6.42 Å². The van der Waals surface area contributed by atoms with Crippen LogP contribution in [0.2, 0.25) is 0 Å². The van der Waals surface area contributed by atoms with Gasteiger partial charge in [-0.1, -0.05) is 32.6 Å². The Balaban J connectivity index is 3.02. The Labute approximate surface area is 67.0 Å². The maximum Gasteiger partial charge on any atom is 0.315 e. The van der Waals surface area contributed by atoms with Gasteiger partial charge in [-0.25, -0.2) is 0 Å². The molecule has 0 aliphatic rings. The van der Waals surface area contributed by atoms with Crippen molar-refractivity contribution < 1.29 is 14.6 Å². The van der Waals surface area contributed by atoms with Crippen LogP contribution >= 0.6 is 0 Å². The molecule has 0 spiro atoms. The summed E-state index contributed by atoms with van der Waals surface area (Å²) in [5, 5.41) is 16.5. The summed E-state index contributed by atoms with van der Waals surface area (Å²) in [6, 6.07) is -2.95. The second kappa shape index (κ2) is 5.49. The van der Waals surface area contributed by atoms with Crippen LogP contribution in [0, 0.1) is 0 Å². The topological polar surface area (TPSA) is 40.5 Å². The van der Waals surface area contributed by atoms with Gasteiger partial charge in [-0.3, -0.25) is 0 Å². The minimum atomic E-state index is -2.95. The van der Waals surface area contributed by atoms with Crippen molar-refractivity contribution in [3.05, 3.63) is 0 Å². The Hall–Kier alpha value is -0.150. The zero-order valence-electron chi connectivity index (χ0n) is 7.02. The summed E-state index contributed by atoms with van der Waals surface area (Å²) in [6.45, 7) is 2.09. The fraction of sp³-hybridized carbons (Fsp3) is 1.00. The van der Waals surface area contributed by atoms with Crippen molar-refractivity contribution in [2.75, 3.05) is 0 Å². The highest BCUT2D eigenvalue weighted by atomic mass is 19.2. The molecule has 2 N–H and O–H groups in total. The van der Waals surface area contributed by atoms with Crippen LogP contribution in [0.5, 0.6) is 0 Å². The average molecular weight is 164 g/mol. The van der Waals surface area contributed by atoms with E-state index in [9.17, 15) is 4.39 Å². The normalized spacial score (nSPS) is 12.0. The third-order valence-corrected chi connectivity index (χ3v) is 1.60. The fourth-order valence-electron chi connectivity index (χ4n) is 0.953. The maximum atomic E-state index is 12.0. The predicted molar refractivity (Wildman–Crippen MR) is 41.7 cm³/mol. The first kappa shape index (κ1) is 10.8. The van der Waals surface area contributed by atoms with Gasteiger partial charge in [0.25, 0.3) is 0 Å². The Morgan fingerprint density at radius 1 is 1.09 bits per heavy atom. The lowest BCUT2D eigenvalue weighted by Crippen LogP contribution is -2.20. The molecule has 0 aliphatic heterocycles. The molecule has 11 heavy (non-hydrogen) atoms. The largest absolute Gasteiger partial charge is 0.340 e. The molecule has 0 amide bonds. The Morgan fingerprint density at radius 2 is 1.64 bits per heavy atom. The van der Waals surface area contributed by atoms with Crippen molar-refractivity contribution in [1.82, 2.24) is 0 Å². The van der Waals surface area contributed by atoms with E-state index in [1.807, 2.05) is 0 Å². The molecule has 0 aromatic heterocycles. The van der Waals surface area contributed by atoms with Crippen molar-refractivity contribution in [2.24, 2.45) is 0 Å². The molecule has 0 saturated heterocycles. The van der Waals surface area contributed by atoms with E-state index in [0.717, 1.165) is 25.7 Å². The lowest BCUT2D eigenvalue weighted by Gasteiger charge is -2.09. The summed E-state index contributed by atoms with van der Waals surface area (Å²) >= 11 is 0. The molecule has 0 unspecified atom stereocenters. The average Bonchev–Trinajstić information content (AvgIpc) is 1.85. The number of hydrogen-bond acceptors (Lipinski definition) is 2. The standard InChI is InChI=1S/C8H17FO2/c1-2-3-4-5-6-7-8(9,10)11/h10-11H,2-7H2,1H3. The second-order valence-corrected chi connectivity index (χ2v) is 2.88. The fourth-order valence-corrected chi connectivity index (χ4v) is 0.953. The predicted octanol–water partition coefficient (Wildman–Crippen LogP) is 1.95. The van der Waals surface area contributed by atoms with E-state index in [1.165, 1.54) is 0 Å². The van der Waals surface area contributed by atoms with Crippen molar-refractivity contribution in [3.8, 4) is 0 Å². The summed E-state index contributed by atoms with van der Waals surface area (Å²) in [7, 11) is 0. The van der Waals surface area contributed by atoms with E-state index in [-0.39, 0.29) is 6.42 Å². The van der Waals surface area contributed by atoms with Gasteiger partial charge in [-0.2, -0.15) is 4.39 Å². The summed E-state index contributed by atoms with van der Waals surface area (Å²) in [5.41, 5.74) is 0. The third-order valence-electron chi connectivity index (χ3n) is 1.60. The molecule has 0 saturated carbocycles. The molecule has 0 radical (unpaired) electrons. The number of hydrogen-bond donors (Lipinski definition) is 2. The Bertz CT molecular complexity index is 88.6. The van der Waals surface area contributed by atoms with E-state index < -0.39 is 6.04 Å².